The van der Waals surface area contributed by atoms with Crippen molar-refractivity contribution < 1.29 is 9.53 Å². The van der Waals surface area contributed by atoms with Crippen LogP contribution in [0.15, 0.2) is 66.7 Å². The van der Waals surface area contributed by atoms with Gasteiger partial charge in [0.2, 0.25) is 0 Å². The summed E-state index contributed by atoms with van der Waals surface area (Å²) in [5.74, 6) is 0.605. The van der Waals surface area contributed by atoms with Crippen LogP contribution < -0.4 is 4.74 Å². The molecule has 0 radical (unpaired) electrons. The lowest BCUT2D eigenvalue weighted by atomic mass is 10.0. The van der Waals surface area contributed by atoms with Crippen LogP contribution in [0.2, 0.25) is 5.02 Å². The van der Waals surface area contributed by atoms with E-state index in [1.807, 2.05) is 42.5 Å². The molecule has 0 N–H and O–H groups in total. The molecule has 0 saturated carbocycles. The maximum Gasteiger partial charge on any atom is 0.258 e. The maximum atomic E-state index is 13.2. The lowest BCUT2D eigenvalue weighted by molar-refractivity contribution is 0.0743. The van der Waals surface area contributed by atoms with Gasteiger partial charge in [-0.1, -0.05) is 65.7 Å². The van der Waals surface area contributed by atoms with E-state index in [-0.39, 0.29) is 5.91 Å². The lowest BCUT2D eigenvalue weighted by Gasteiger charge is -2.20. The first-order chi connectivity index (χ1) is 13.1. The summed E-state index contributed by atoms with van der Waals surface area (Å²) < 4.78 is 5.83. The van der Waals surface area contributed by atoms with Gasteiger partial charge in [-0.3, -0.25) is 4.79 Å². The Morgan fingerprint density at radius 3 is 2.52 bits per heavy atom. The first kappa shape index (κ1) is 17.6. The number of halogens is 1. The van der Waals surface area contributed by atoms with Gasteiger partial charge >= 0.3 is 0 Å². The summed E-state index contributed by atoms with van der Waals surface area (Å²) in [7, 11) is 0. The van der Waals surface area contributed by atoms with E-state index in [9.17, 15) is 4.79 Å². The summed E-state index contributed by atoms with van der Waals surface area (Å²) in [6, 6.07) is 21.7. The first-order valence-corrected chi connectivity index (χ1v) is 9.36. The fourth-order valence-corrected chi connectivity index (χ4v) is 3.46. The normalized spacial score (nSPS) is 13.7. The number of benzene rings is 3. The largest absolute Gasteiger partial charge is 0.491 e. The molecule has 0 saturated heterocycles. The molecule has 4 heteroatoms. The molecule has 1 amide bonds. The van der Waals surface area contributed by atoms with Crippen LogP contribution in [0.3, 0.4) is 0 Å². The fourth-order valence-electron chi connectivity index (χ4n) is 3.27. The van der Waals surface area contributed by atoms with Crippen molar-refractivity contribution in [2.45, 2.75) is 13.5 Å². The Hall–Kier alpha value is -2.78. The molecule has 1 heterocycles. The van der Waals surface area contributed by atoms with Crippen LogP contribution in [0.4, 0.5) is 0 Å². The highest BCUT2D eigenvalue weighted by atomic mass is 35.5. The van der Waals surface area contributed by atoms with Crippen molar-refractivity contribution in [1.82, 2.24) is 4.90 Å². The van der Waals surface area contributed by atoms with Crippen LogP contribution in [0.25, 0.3) is 11.1 Å². The maximum absolute atomic E-state index is 13.2. The van der Waals surface area contributed by atoms with Crippen LogP contribution in [-0.4, -0.2) is 24.0 Å². The first-order valence-electron chi connectivity index (χ1n) is 8.98. The van der Waals surface area contributed by atoms with E-state index in [0.717, 1.165) is 16.7 Å². The number of fused-ring (bicyclic) bond motifs is 1. The summed E-state index contributed by atoms with van der Waals surface area (Å²) >= 11 is 6.28. The molecule has 4 rings (SSSR count). The molecule has 3 aromatic carbocycles. The van der Waals surface area contributed by atoms with E-state index in [2.05, 4.69) is 31.2 Å². The van der Waals surface area contributed by atoms with Gasteiger partial charge in [0.1, 0.15) is 12.4 Å². The van der Waals surface area contributed by atoms with Gasteiger partial charge < -0.3 is 9.64 Å². The minimum atomic E-state index is -0.0311. The Morgan fingerprint density at radius 1 is 1.00 bits per heavy atom. The fraction of sp³-hybridized carbons (Fsp3) is 0.174. The number of carbonyl (C=O) groups is 1. The highest BCUT2D eigenvalue weighted by molar-refractivity contribution is 6.31. The van der Waals surface area contributed by atoms with Gasteiger partial charge in [-0.25, -0.2) is 0 Å². The van der Waals surface area contributed by atoms with Crippen molar-refractivity contribution in [2.75, 3.05) is 13.2 Å². The summed E-state index contributed by atoms with van der Waals surface area (Å²) in [6.07, 6.45) is 0. The second kappa shape index (κ2) is 7.45. The van der Waals surface area contributed by atoms with Crippen LogP contribution in [0, 0.1) is 6.92 Å². The zero-order valence-corrected chi connectivity index (χ0v) is 15.9. The highest BCUT2D eigenvalue weighted by Gasteiger charge is 2.24. The predicted octanol–water partition coefficient (Wildman–Crippen LogP) is 5.35. The lowest BCUT2D eigenvalue weighted by Crippen LogP contribution is -2.32. The van der Waals surface area contributed by atoms with Crippen molar-refractivity contribution in [2.24, 2.45) is 0 Å². The number of carbonyl (C=O) groups excluding carboxylic acids is 1. The molecular weight excluding hydrogens is 358 g/mol. The topological polar surface area (TPSA) is 29.5 Å². The second-order valence-corrected chi connectivity index (χ2v) is 7.15. The van der Waals surface area contributed by atoms with Gasteiger partial charge in [0.15, 0.2) is 0 Å². The zero-order valence-electron chi connectivity index (χ0n) is 15.1. The van der Waals surface area contributed by atoms with E-state index in [1.165, 1.54) is 5.56 Å². The molecule has 3 aromatic rings. The predicted molar refractivity (Wildman–Crippen MR) is 108 cm³/mol. The monoisotopic (exact) mass is 377 g/mol. The Kier molecular flexibility index (Phi) is 4.87. The van der Waals surface area contributed by atoms with Crippen molar-refractivity contribution in [3.63, 3.8) is 0 Å². The van der Waals surface area contributed by atoms with Gasteiger partial charge in [-0.15, -0.1) is 0 Å². The van der Waals surface area contributed by atoms with Crippen molar-refractivity contribution >= 4 is 17.5 Å². The Bertz CT molecular complexity index is 982. The van der Waals surface area contributed by atoms with Gasteiger partial charge in [0, 0.05) is 11.6 Å². The third-order valence-electron chi connectivity index (χ3n) is 4.82. The molecule has 0 bridgehead atoms. The van der Waals surface area contributed by atoms with Gasteiger partial charge in [0.05, 0.1) is 12.1 Å². The number of hydrogen-bond donors (Lipinski definition) is 0. The molecule has 1 aliphatic heterocycles. The molecule has 136 valence electrons. The van der Waals surface area contributed by atoms with E-state index in [1.54, 1.807) is 4.90 Å². The number of amides is 1. The quantitative estimate of drug-likeness (QED) is 0.615. The van der Waals surface area contributed by atoms with Crippen LogP contribution >= 0.6 is 11.6 Å². The summed E-state index contributed by atoms with van der Waals surface area (Å²) in [5, 5.41) is 0.670. The standard InChI is InChI=1S/C23H20ClNO2/c1-16-6-8-17(9-7-16)18-10-11-22-20(14-18)23(26)25(12-13-27-22)15-19-4-2-3-5-21(19)24/h2-11,14H,12-13,15H2,1H3. The van der Waals surface area contributed by atoms with E-state index in [0.29, 0.717) is 36.0 Å². The van der Waals surface area contributed by atoms with Crippen LogP contribution in [0.1, 0.15) is 21.5 Å². The Labute approximate surface area is 164 Å². The minimum Gasteiger partial charge on any atom is -0.491 e. The molecule has 3 nitrogen and oxygen atoms in total. The highest BCUT2D eigenvalue weighted by Crippen LogP contribution is 2.30. The number of hydrogen-bond acceptors (Lipinski definition) is 2. The van der Waals surface area contributed by atoms with Gasteiger partial charge in [-0.2, -0.15) is 0 Å². The molecule has 0 aromatic heterocycles. The molecule has 0 fully saturated rings. The summed E-state index contributed by atoms with van der Waals surface area (Å²) in [4.78, 5) is 15.0. The molecule has 0 unspecified atom stereocenters. The Balaban J connectivity index is 1.67. The molecule has 0 spiro atoms. The van der Waals surface area contributed by atoms with Gasteiger partial charge in [0.25, 0.3) is 5.91 Å². The summed E-state index contributed by atoms with van der Waals surface area (Å²) in [6.45, 7) is 3.52. The molecular formula is C23H20ClNO2. The van der Waals surface area contributed by atoms with Crippen molar-refractivity contribution in [3.05, 3.63) is 88.4 Å². The third-order valence-corrected chi connectivity index (χ3v) is 5.19. The third kappa shape index (κ3) is 3.69. The van der Waals surface area contributed by atoms with Crippen molar-refractivity contribution in [1.29, 1.82) is 0 Å². The minimum absolute atomic E-state index is 0.0311. The van der Waals surface area contributed by atoms with Crippen LogP contribution in [0.5, 0.6) is 5.75 Å². The number of aryl methyl sites for hydroxylation is 1. The Morgan fingerprint density at radius 2 is 1.74 bits per heavy atom. The van der Waals surface area contributed by atoms with E-state index < -0.39 is 0 Å². The molecule has 0 aliphatic carbocycles. The molecule has 1 aliphatic rings. The number of ether oxygens (including phenoxy) is 1. The van der Waals surface area contributed by atoms with Crippen LogP contribution in [-0.2, 0) is 6.54 Å². The zero-order chi connectivity index (χ0) is 18.8. The average molecular weight is 378 g/mol. The SMILES string of the molecule is Cc1ccc(-c2ccc3c(c2)C(=O)N(Cc2ccccc2Cl)CCO3)cc1. The van der Waals surface area contributed by atoms with Gasteiger partial charge in [-0.05, 0) is 41.8 Å². The molecule has 27 heavy (non-hydrogen) atoms. The summed E-state index contributed by atoms with van der Waals surface area (Å²) in [5.41, 5.74) is 4.82. The number of rotatable bonds is 3. The second-order valence-electron chi connectivity index (χ2n) is 6.74. The van der Waals surface area contributed by atoms with E-state index in [4.69, 9.17) is 16.3 Å². The smallest absolute Gasteiger partial charge is 0.258 e. The average Bonchev–Trinajstić information content (AvgIpc) is 2.83. The number of nitrogens with zero attached hydrogens (tertiary/aromatic N) is 1. The van der Waals surface area contributed by atoms with E-state index >= 15 is 0 Å². The van der Waals surface area contributed by atoms with Crippen molar-refractivity contribution in [3.8, 4) is 16.9 Å². The molecule has 0 atom stereocenters.